The van der Waals surface area contributed by atoms with E-state index in [0.29, 0.717) is 0 Å². The van der Waals surface area contributed by atoms with E-state index in [1.165, 1.54) is 0 Å². The van der Waals surface area contributed by atoms with Gasteiger partial charge in [0, 0.05) is 6.42 Å². The van der Waals surface area contributed by atoms with Crippen molar-refractivity contribution in [3.8, 4) is 0 Å². The lowest BCUT2D eigenvalue weighted by molar-refractivity contribution is -0.966. The van der Waals surface area contributed by atoms with Crippen LogP contribution in [0.15, 0.2) is 12.7 Å². The Morgan fingerprint density at radius 2 is 1.71 bits per heavy atom. The van der Waals surface area contributed by atoms with Crippen LogP contribution < -0.4 is 0 Å². The summed E-state index contributed by atoms with van der Waals surface area (Å²) in [6.45, 7) is 13.2. The highest BCUT2D eigenvalue weighted by atomic mass is 16.3. The Morgan fingerprint density at radius 1 is 1.21 bits per heavy atom. The Kier molecular flexibility index (Phi) is 6.85. The molecular formula is C12H26NO+. The summed E-state index contributed by atoms with van der Waals surface area (Å²) >= 11 is 0. The Labute approximate surface area is 88.8 Å². The second-order valence-electron chi connectivity index (χ2n) is 4.03. The van der Waals surface area contributed by atoms with Crippen molar-refractivity contribution in [3.05, 3.63) is 12.7 Å². The number of rotatable bonds is 8. The molecule has 14 heavy (non-hydrogen) atoms. The van der Waals surface area contributed by atoms with Gasteiger partial charge in [-0.15, -0.1) is 0 Å². The van der Waals surface area contributed by atoms with Crippen LogP contribution in [0.25, 0.3) is 0 Å². The lowest BCUT2D eigenvalue weighted by atomic mass is 10.2. The van der Waals surface area contributed by atoms with Crippen molar-refractivity contribution in [2.45, 2.75) is 46.3 Å². The molecule has 1 atom stereocenters. The van der Waals surface area contributed by atoms with Crippen LogP contribution in [-0.2, 0) is 0 Å². The molecule has 0 aromatic carbocycles. The van der Waals surface area contributed by atoms with Crippen LogP contribution in [0.2, 0.25) is 0 Å². The van der Waals surface area contributed by atoms with Crippen LogP contribution in [0.3, 0.4) is 0 Å². The van der Waals surface area contributed by atoms with E-state index >= 15 is 0 Å². The zero-order chi connectivity index (χ0) is 11.0. The fraction of sp³-hybridized carbons (Fsp3) is 0.833. The molecule has 0 aromatic heterocycles. The minimum absolute atomic E-state index is 0.229. The third-order valence-electron chi connectivity index (χ3n) is 2.83. The lowest BCUT2D eigenvalue weighted by Gasteiger charge is -2.41. The average Bonchev–Trinajstić information content (AvgIpc) is 2.17. The molecule has 0 aliphatic carbocycles. The van der Waals surface area contributed by atoms with Crippen LogP contribution in [0.1, 0.15) is 40.0 Å². The number of hydrogen-bond acceptors (Lipinski definition) is 1. The van der Waals surface area contributed by atoms with Crippen molar-refractivity contribution < 1.29 is 9.59 Å². The lowest BCUT2D eigenvalue weighted by Crippen LogP contribution is -2.56. The summed E-state index contributed by atoms with van der Waals surface area (Å²) in [5.41, 5.74) is 0. The first kappa shape index (κ1) is 13.7. The number of quaternary nitrogens is 1. The minimum Gasteiger partial charge on any atom is -0.345 e. The van der Waals surface area contributed by atoms with Gasteiger partial charge in [-0.3, -0.25) is 4.48 Å². The number of hydrogen-bond donors (Lipinski definition) is 1. The van der Waals surface area contributed by atoms with Crippen molar-refractivity contribution in [1.29, 1.82) is 0 Å². The average molecular weight is 200 g/mol. The summed E-state index contributed by atoms with van der Waals surface area (Å²) in [4.78, 5) is 0. The molecule has 1 unspecified atom stereocenters. The summed E-state index contributed by atoms with van der Waals surface area (Å²) in [7, 11) is 0. The SMILES string of the molecule is C=CC[N+](CCC)(CCC)C(O)CC. The molecule has 0 saturated heterocycles. The molecule has 0 radical (unpaired) electrons. The fourth-order valence-electron chi connectivity index (χ4n) is 2.25. The largest absolute Gasteiger partial charge is 0.345 e. The Bertz CT molecular complexity index is 150. The fourth-order valence-corrected chi connectivity index (χ4v) is 2.25. The van der Waals surface area contributed by atoms with Gasteiger partial charge >= 0.3 is 0 Å². The van der Waals surface area contributed by atoms with Gasteiger partial charge in [0.05, 0.1) is 19.6 Å². The van der Waals surface area contributed by atoms with Gasteiger partial charge in [-0.25, -0.2) is 0 Å². The zero-order valence-corrected chi connectivity index (χ0v) is 10.00. The van der Waals surface area contributed by atoms with E-state index in [4.69, 9.17) is 0 Å². The number of aliphatic hydroxyl groups excluding tert-OH is 1. The second kappa shape index (κ2) is 7.02. The highest BCUT2D eigenvalue weighted by molar-refractivity contribution is 4.67. The Morgan fingerprint density at radius 3 is 2.00 bits per heavy atom. The van der Waals surface area contributed by atoms with Gasteiger partial charge in [0.15, 0.2) is 6.23 Å². The predicted molar refractivity (Wildman–Crippen MR) is 61.9 cm³/mol. The van der Waals surface area contributed by atoms with E-state index in [2.05, 4.69) is 20.4 Å². The van der Waals surface area contributed by atoms with Gasteiger partial charge in [0.2, 0.25) is 0 Å². The normalized spacial score (nSPS) is 14.0. The molecule has 0 saturated carbocycles. The maximum Gasteiger partial charge on any atom is 0.190 e. The monoisotopic (exact) mass is 200 g/mol. The van der Waals surface area contributed by atoms with Crippen molar-refractivity contribution in [1.82, 2.24) is 0 Å². The summed E-state index contributed by atoms with van der Waals surface area (Å²) in [6, 6.07) is 0. The molecule has 2 nitrogen and oxygen atoms in total. The molecule has 0 rings (SSSR count). The predicted octanol–water partition coefficient (Wildman–Crippen LogP) is 2.54. The Balaban J connectivity index is 4.61. The topological polar surface area (TPSA) is 20.2 Å². The van der Waals surface area contributed by atoms with Crippen LogP contribution in [-0.4, -0.2) is 35.5 Å². The Hall–Kier alpha value is -0.340. The van der Waals surface area contributed by atoms with Crippen molar-refractivity contribution in [3.63, 3.8) is 0 Å². The minimum atomic E-state index is -0.229. The summed E-state index contributed by atoms with van der Waals surface area (Å²) in [5.74, 6) is 0. The molecule has 0 aliphatic rings. The van der Waals surface area contributed by atoms with E-state index in [0.717, 1.165) is 43.4 Å². The molecule has 0 aromatic rings. The van der Waals surface area contributed by atoms with Gasteiger partial charge in [-0.1, -0.05) is 27.4 Å². The van der Waals surface area contributed by atoms with Crippen molar-refractivity contribution in [2.24, 2.45) is 0 Å². The first-order valence-electron chi connectivity index (χ1n) is 5.81. The first-order chi connectivity index (χ1) is 6.66. The zero-order valence-electron chi connectivity index (χ0n) is 10.00. The molecule has 1 N–H and O–H groups in total. The molecular weight excluding hydrogens is 174 g/mol. The molecule has 0 amide bonds. The number of aliphatic hydroxyl groups is 1. The van der Waals surface area contributed by atoms with Gasteiger partial charge in [0.25, 0.3) is 0 Å². The molecule has 2 heteroatoms. The maximum absolute atomic E-state index is 10.1. The third kappa shape index (κ3) is 3.43. The molecule has 84 valence electrons. The highest BCUT2D eigenvalue weighted by Crippen LogP contribution is 2.17. The van der Waals surface area contributed by atoms with Crippen LogP contribution >= 0.6 is 0 Å². The maximum atomic E-state index is 10.1. The van der Waals surface area contributed by atoms with Gasteiger partial charge in [-0.2, -0.15) is 0 Å². The summed E-state index contributed by atoms with van der Waals surface area (Å²) in [5, 5.41) is 10.1. The highest BCUT2D eigenvalue weighted by Gasteiger charge is 2.31. The van der Waals surface area contributed by atoms with E-state index in [1.54, 1.807) is 0 Å². The van der Waals surface area contributed by atoms with E-state index < -0.39 is 0 Å². The molecule has 0 bridgehead atoms. The van der Waals surface area contributed by atoms with Crippen molar-refractivity contribution >= 4 is 0 Å². The molecule has 0 fully saturated rings. The van der Waals surface area contributed by atoms with E-state index in [9.17, 15) is 5.11 Å². The summed E-state index contributed by atoms with van der Waals surface area (Å²) < 4.78 is 0.799. The van der Waals surface area contributed by atoms with Crippen LogP contribution in [0.5, 0.6) is 0 Å². The smallest absolute Gasteiger partial charge is 0.190 e. The quantitative estimate of drug-likeness (QED) is 0.363. The molecule has 0 heterocycles. The first-order valence-corrected chi connectivity index (χ1v) is 5.81. The van der Waals surface area contributed by atoms with Crippen LogP contribution in [0.4, 0.5) is 0 Å². The van der Waals surface area contributed by atoms with E-state index in [1.807, 2.05) is 13.0 Å². The van der Waals surface area contributed by atoms with Crippen molar-refractivity contribution in [2.75, 3.05) is 19.6 Å². The molecule has 0 aliphatic heterocycles. The van der Waals surface area contributed by atoms with Gasteiger partial charge in [0.1, 0.15) is 0 Å². The standard InChI is InChI=1S/C12H26NO/c1-5-9-13(10-6-2,11-7-3)12(14)8-4/h5,12,14H,1,6-11H2,2-4H3/q+1. The third-order valence-corrected chi connectivity index (χ3v) is 2.83. The number of nitrogens with zero attached hydrogens (tertiary/aromatic N) is 1. The van der Waals surface area contributed by atoms with Gasteiger partial charge < -0.3 is 5.11 Å². The van der Waals surface area contributed by atoms with Crippen LogP contribution in [0, 0.1) is 0 Å². The summed E-state index contributed by atoms with van der Waals surface area (Å²) in [6.07, 6.45) is 4.77. The second-order valence-corrected chi connectivity index (χ2v) is 4.03. The van der Waals surface area contributed by atoms with Gasteiger partial charge in [-0.05, 0) is 18.9 Å². The van der Waals surface area contributed by atoms with E-state index in [-0.39, 0.29) is 6.23 Å². The molecule has 0 spiro atoms.